The zero-order valence-corrected chi connectivity index (χ0v) is 20.5. The van der Waals surface area contributed by atoms with Crippen molar-refractivity contribution in [3.63, 3.8) is 0 Å². The monoisotopic (exact) mass is 495 g/mol. The predicted molar refractivity (Wildman–Crippen MR) is 133 cm³/mol. The van der Waals surface area contributed by atoms with Gasteiger partial charge in [0.15, 0.2) is 10.9 Å². The Morgan fingerprint density at radius 1 is 1.09 bits per heavy atom. The normalized spacial score (nSPS) is 19.4. The number of amides is 1. The Bertz CT molecular complexity index is 1400. The molecule has 2 aromatic carbocycles. The zero-order chi connectivity index (χ0) is 23.9. The zero-order valence-electron chi connectivity index (χ0n) is 18.9. The lowest BCUT2D eigenvalue weighted by molar-refractivity contribution is 0.102. The van der Waals surface area contributed by atoms with E-state index in [9.17, 15) is 13.2 Å². The molecule has 4 aromatic rings. The fourth-order valence-electron chi connectivity index (χ4n) is 4.45. The van der Waals surface area contributed by atoms with E-state index in [1.54, 1.807) is 4.31 Å². The number of nitrogens with zero attached hydrogens (tertiary/aromatic N) is 2. The molecular formula is C25H25N3O4S2. The minimum atomic E-state index is -3.59. The van der Waals surface area contributed by atoms with Crippen molar-refractivity contribution in [2.24, 2.45) is 11.8 Å². The molecule has 0 spiro atoms. The van der Waals surface area contributed by atoms with Gasteiger partial charge in [0.2, 0.25) is 10.0 Å². The van der Waals surface area contributed by atoms with Crippen molar-refractivity contribution in [3.8, 4) is 11.5 Å². The number of thiazole rings is 1. The van der Waals surface area contributed by atoms with E-state index in [2.05, 4.69) is 24.1 Å². The summed E-state index contributed by atoms with van der Waals surface area (Å²) in [6.45, 7) is 5.19. The molecule has 0 unspecified atom stereocenters. The minimum absolute atomic E-state index is 0.201. The van der Waals surface area contributed by atoms with E-state index in [4.69, 9.17) is 4.42 Å². The van der Waals surface area contributed by atoms with Crippen LogP contribution in [-0.4, -0.2) is 36.7 Å². The molecule has 1 N–H and O–H groups in total. The largest absolute Gasteiger partial charge is 0.454 e. The van der Waals surface area contributed by atoms with E-state index >= 15 is 0 Å². The SMILES string of the molecule is C[C@H]1C[C@H](C)CN(S(=O)(=O)c2ccc(C(=O)Nc3nc(-c4cc5ccccc5o4)cs3)cc2)C1. The molecule has 34 heavy (non-hydrogen) atoms. The molecule has 2 atom stereocenters. The molecule has 5 rings (SSSR count). The second-order valence-electron chi connectivity index (χ2n) is 8.93. The van der Waals surface area contributed by atoms with Gasteiger partial charge in [0.25, 0.3) is 5.91 Å². The molecule has 1 amide bonds. The van der Waals surface area contributed by atoms with Gasteiger partial charge in [-0.05, 0) is 54.7 Å². The van der Waals surface area contributed by atoms with Gasteiger partial charge in [-0.15, -0.1) is 11.3 Å². The van der Waals surface area contributed by atoms with Crippen molar-refractivity contribution in [2.75, 3.05) is 18.4 Å². The maximum absolute atomic E-state index is 13.1. The molecule has 2 aromatic heterocycles. The number of anilines is 1. The van der Waals surface area contributed by atoms with E-state index in [0.717, 1.165) is 17.4 Å². The Morgan fingerprint density at radius 2 is 1.79 bits per heavy atom. The molecule has 176 valence electrons. The first-order valence-corrected chi connectivity index (χ1v) is 13.5. The fourth-order valence-corrected chi connectivity index (χ4v) is 6.83. The average Bonchev–Trinajstić information content (AvgIpc) is 3.45. The Kier molecular flexibility index (Phi) is 6.01. The molecule has 1 aliphatic heterocycles. The van der Waals surface area contributed by atoms with E-state index in [1.807, 2.05) is 35.7 Å². The number of hydrogen-bond acceptors (Lipinski definition) is 6. The molecular weight excluding hydrogens is 470 g/mol. The lowest BCUT2D eigenvalue weighted by Gasteiger charge is -2.34. The summed E-state index contributed by atoms with van der Waals surface area (Å²) in [4.78, 5) is 17.4. The van der Waals surface area contributed by atoms with Gasteiger partial charge in [0, 0.05) is 29.4 Å². The smallest absolute Gasteiger partial charge is 0.257 e. The first-order chi connectivity index (χ1) is 16.3. The summed E-state index contributed by atoms with van der Waals surface area (Å²) in [5, 5.41) is 6.03. The van der Waals surface area contributed by atoms with Crippen LogP contribution in [0.5, 0.6) is 0 Å². The molecule has 0 bridgehead atoms. The Hall–Kier alpha value is -3.01. The summed E-state index contributed by atoms with van der Waals surface area (Å²) in [5.74, 6) is 0.932. The second-order valence-corrected chi connectivity index (χ2v) is 11.7. The second kappa shape index (κ2) is 8.98. The van der Waals surface area contributed by atoms with Gasteiger partial charge >= 0.3 is 0 Å². The molecule has 0 aliphatic carbocycles. The molecule has 9 heteroatoms. The summed E-state index contributed by atoms with van der Waals surface area (Å²) in [7, 11) is -3.59. The van der Waals surface area contributed by atoms with Crippen molar-refractivity contribution in [2.45, 2.75) is 25.2 Å². The number of nitrogens with one attached hydrogen (secondary N) is 1. The summed E-state index contributed by atoms with van der Waals surface area (Å²) in [5.41, 5.74) is 1.78. The number of hydrogen-bond donors (Lipinski definition) is 1. The van der Waals surface area contributed by atoms with Crippen LogP contribution in [0, 0.1) is 11.8 Å². The van der Waals surface area contributed by atoms with Crippen molar-refractivity contribution in [1.29, 1.82) is 0 Å². The number of furan rings is 1. The molecule has 0 radical (unpaired) electrons. The van der Waals surface area contributed by atoms with Crippen molar-refractivity contribution >= 4 is 43.4 Å². The topological polar surface area (TPSA) is 92.5 Å². The molecule has 0 saturated carbocycles. The summed E-state index contributed by atoms with van der Waals surface area (Å²) < 4.78 is 33.5. The predicted octanol–water partition coefficient (Wildman–Crippen LogP) is 5.48. The number of fused-ring (bicyclic) bond motifs is 1. The Morgan fingerprint density at radius 3 is 2.50 bits per heavy atom. The molecule has 1 fully saturated rings. The number of carbonyl (C=O) groups excluding carboxylic acids is 1. The van der Waals surface area contributed by atoms with Gasteiger partial charge in [0.1, 0.15) is 11.3 Å². The molecule has 3 heterocycles. The number of carbonyl (C=O) groups is 1. The third kappa shape index (κ3) is 4.51. The van der Waals surface area contributed by atoms with Crippen molar-refractivity contribution < 1.29 is 17.6 Å². The van der Waals surface area contributed by atoms with Crippen LogP contribution in [0.4, 0.5) is 5.13 Å². The first kappa shape index (κ1) is 22.8. The Labute approximate surface area is 202 Å². The number of para-hydroxylation sites is 1. The van der Waals surface area contributed by atoms with E-state index in [1.165, 1.54) is 35.6 Å². The summed E-state index contributed by atoms with van der Waals surface area (Å²) in [6.07, 6.45) is 1.03. The van der Waals surface area contributed by atoms with E-state index in [-0.39, 0.29) is 10.8 Å². The minimum Gasteiger partial charge on any atom is -0.454 e. The number of sulfonamides is 1. The van der Waals surface area contributed by atoms with Crippen LogP contribution in [0.25, 0.3) is 22.4 Å². The third-order valence-corrected chi connectivity index (χ3v) is 8.60. The van der Waals surface area contributed by atoms with Crippen LogP contribution in [0.2, 0.25) is 0 Å². The highest BCUT2D eigenvalue weighted by molar-refractivity contribution is 7.89. The summed E-state index contributed by atoms with van der Waals surface area (Å²) in [6, 6.07) is 15.7. The van der Waals surface area contributed by atoms with Gasteiger partial charge in [-0.1, -0.05) is 32.0 Å². The summed E-state index contributed by atoms with van der Waals surface area (Å²) >= 11 is 1.30. The maximum Gasteiger partial charge on any atom is 0.257 e. The highest BCUT2D eigenvalue weighted by Crippen LogP contribution is 2.31. The van der Waals surface area contributed by atoms with Gasteiger partial charge < -0.3 is 4.42 Å². The van der Waals surface area contributed by atoms with Gasteiger partial charge in [0.05, 0.1) is 4.90 Å². The number of aromatic nitrogens is 1. The van der Waals surface area contributed by atoms with Crippen LogP contribution < -0.4 is 5.32 Å². The van der Waals surface area contributed by atoms with E-state index in [0.29, 0.717) is 47.1 Å². The van der Waals surface area contributed by atoms with Gasteiger partial charge in [-0.3, -0.25) is 10.1 Å². The lowest BCUT2D eigenvalue weighted by atomic mass is 9.94. The highest BCUT2D eigenvalue weighted by atomic mass is 32.2. The quantitative estimate of drug-likeness (QED) is 0.396. The highest BCUT2D eigenvalue weighted by Gasteiger charge is 2.31. The lowest BCUT2D eigenvalue weighted by Crippen LogP contribution is -2.42. The van der Waals surface area contributed by atoms with Gasteiger partial charge in [-0.25, -0.2) is 13.4 Å². The molecule has 1 aliphatic rings. The Balaban J connectivity index is 1.28. The van der Waals surface area contributed by atoms with Crippen LogP contribution in [0.15, 0.2) is 69.3 Å². The molecule has 7 nitrogen and oxygen atoms in total. The van der Waals surface area contributed by atoms with Crippen molar-refractivity contribution in [3.05, 3.63) is 65.5 Å². The number of rotatable bonds is 5. The first-order valence-electron chi connectivity index (χ1n) is 11.2. The average molecular weight is 496 g/mol. The van der Waals surface area contributed by atoms with E-state index < -0.39 is 10.0 Å². The van der Waals surface area contributed by atoms with Gasteiger partial charge in [-0.2, -0.15) is 4.31 Å². The fraction of sp³-hybridized carbons (Fsp3) is 0.280. The van der Waals surface area contributed by atoms with Crippen molar-refractivity contribution in [1.82, 2.24) is 9.29 Å². The standard InChI is InChI=1S/C25H25N3O4S2/c1-16-11-17(2)14-28(13-16)34(30,31)20-9-7-18(8-10-20)24(29)27-25-26-21(15-33-25)23-12-19-5-3-4-6-22(19)32-23/h3-10,12,15-17H,11,13-14H2,1-2H3,(H,26,27,29)/t16-,17-/m0/s1. The third-order valence-electron chi connectivity index (χ3n) is 5.99. The number of piperidine rings is 1. The molecule has 1 saturated heterocycles. The van der Waals surface area contributed by atoms with Crippen LogP contribution in [0.3, 0.4) is 0 Å². The van der Waals surface area contributed by atoms with Crippen LogP contribution in [-0.2, 0) is 10.0 Å². The maximum atomic E-state index is 13.1. The van der Waals surface area contributed by atoms with Crippen LogP contribution in [0.1, 0.15) is 30.6 Å². The van der Waals surface area contributed by atoms with Crippen LogP contribution >= 0.6 is 11.3 Å². The number of benzene rings is 2.